The normalized spacial score (nSPS) is 20.8. The Bertz CT molecular complexity index is 2600. The van der Waals surface area contributed by atoms with Crippen LogP contribution in [0.2, 0.25) is 5.15 Å². The lowest BCUT2D eigenvalue weighted by molar-refractivity contribution is 0.176. The quantitative estimate of drug-likeness (QED) is 0.0872. The van der Waals surface area contributed by atoms with Gasteiger partial charge < -0.3 is 40.9 Å². The molecule has 8 heterocycles. The molecule has 332 valence electrons. The fourth-order valence-electron chi connectivity index (χ4n) is 8.15. The van der Waals surface area contributed by atoms with Crippen LogP contribution in [0.1, 0.15) is 61.7 Å². The van der Waals surface area contributed by atoms with Crippen LogP contribution in [0, 0.1) is 18.8 Å². The molecule has 4 amide bonds. The van der Waals surface area contributed by atoms with E-state index in [0.29, 0.717) is 72.4 Å². The van der Waals surface area contributed by atoms with E-state index < -0.39 is 12.2 Å². The van der Waals surface area contributed by atoms with Gasteiger partial charge in [-0.1, -0.05) is 11.6 Å². The Morgan fingerprint density at radius 2 is 1.30 bits per heavy atom. The molecule has 4 atom stereocenters. The van der Waals surface area contributed by atoms with Gasteiger partial charge in [-0.2, -0.15) is 10.2 Å². The lowest BCUT2D eigenvalue weighted by Gasteiger charge is -2.26. The SMILES string of the molecule is Fc1ccc(I)cc1C1CCCN1.O=C(Nc1cnn2ccc(Cl)nc12)N1CC[C@H](O)C1.O=C(Nc1cnn2ccc(N3CCCC3c3cc(I)ccc3F)nc12)N1CC[C@H](O)C1. The molecule has 0 saturated carbocycles. The third-order valence-corrected chi connectivity index (χ3v) is 12.9. The highest BCUT2D eigenvalue weighted by Gasteiger charge is 2.31. The van der Waals surface area contributed by atoms with Gasteiger partial charge in [-0.3, -0.25) is 0 Å². The van der Waals surface area contributed by atoms with Gasteiger partial charge in [-0.05, 0) is 139 Å². The van der Waals surface area contributed by atoms with Gasteiger partial charge in [-0.15, -0.1) is 0 Å². The minimum Gasteiger partial charge on any atom is -0.391 e. The lowest BCUT2D eigenvalue weighted by atomic mass is 10.0. The van der Waals surface area contributed by atoms with E-state index in [1.54, 1.807) is 57.2 Å². The van der Waals surface area contributed by atoms with Gasteiger partial charge in [0.05, 0.1) is 30.6 Å². The van der Waals surface area contributed by atoms with Crippen molar-refractivity contribution in [2.24, 2.45) is 0 Å². The highest BCUT2D eigenvalue weighted by molar-refractivity contribution is 14.1. The first kappa shape index (κ1) is 45.1. The number of carbonyl (C=O) groups is 2. The van der Waals surface area contributed by atoms with Crippen LogP contribution in [-0.4, -0.2) is 113 Å². The van der Waals surface area contributed by atoms with Crippen molar-refractivity contribution in [3.8, 4) is 0 Å². The lowest BCUT2D eigenvalue weighted by Crippen LogP contribution is -2.33. The second kappa shape index (κ2) is 20.1. The van der Waals surface area contributed by atoms with E-state index in [9.17, 15) is 28.6 Å². The zero-order valence-corrected chi connectivity index (χ0v) is 38.9. The summed E-state index contributed by atoms with van der Waals surface area (Å²) in [7, 11) is 0. The molecule has 4 fully saturated rings. The van der Waals surface area contributed by atoms with Gasteiger partial charge in [0.1, 0.15) is 34.0 Å². The topological polar surface area (TPSA) is 181 Å². The average molecular weight is 1110 g/mol. The van der Waals surface area contributed by atoms with Crippen LogP contribution in [0.25, 0.3) is 11.3 Å². The number of nitrogens with one attached hydrogen (secondary N) is 3. The van der Waals surface area contributed by atoms with E-state index in [1.807, 2.05) is 18.2 Å². The fourth-order valence-corrected chi connectivity index (χ4v) is 9.32. The number of fused-ring (bicyclic) bond motifs is 2. The Labute approximate surface area is 393 Å². The summed E-state index contributed by atoms with van der Waals surface area (Å²) in [5.41, 5.74) is 3.52. The number of β-amino-alcohol motifs (C(OH)–C–C–N with tert-alkyl or cyclic N) is 2. The molecule has 4 aliphatic heterocycles. The molecule has 16 nitrogen and oxygen atoms in total. The number of benzene rings is 2. The smallest absolute Gasteiger partial charge is 0.322 e. The number of carbonyl (C=O) groups excluding carboxylic acids is 2. The Hall–Kier alpha value is -4.49. The Kier molecular flexibility index (Phi) is 14.4. The number of rotatable bonds is 5. The summed E-state index contributed by atoms with van der Waals surface area (Å²) in [5, 5.41) is 36.6. The van der Waals surface area contributed by atoms with E-state index in [-0.39, 0.29) is 35.8 Å². The average Bonchev–Trinajstić information content (AvgIpc) is 4.14. The molecule has 0 radical (unpaired) electrons. The van der Waals surface area contributed by atoms with Gasteiger partial charge in [0, 0.05) is 69.4 Å². The predicted molar refractivity (Wildman–Crippen MR) is 251 cm³/mol. The second-order valence-electron chi connectivity index (χ2n) is 15.7. The van der Waals surface area contributed by atoms with Crippen molar-refractivity contribution in [2.75, 3.05) is 54.8 Å². The highest BCUT2D eigenvalue weighted by Crippen LogP contribution is 2.37. The number of amides is 4. The first-order chi connectivity index (χ1) is 30.4. The van der Waals surface area contributed by atoms with Crippen molar-refractivity contribution in [2.45, 2.75) is 62.8 Å². The maximum absolute atomic E-state index is 14.6. The standard InChI is InChI=1S/C21H22FIN6O2.C11H12ClN5O2.C10H11FIN/c22-16-4-3-13(23)10-15(16)18-2-1-7-28(18)19-6-9-29-20(26-19)17(11-24-29)25-21(31)27-8-5-14(30)12-27;12-9-2-4-17-10(15-9)8(5-13-17)14-11(19)16-3-1-7(18)6-16;11-9-4-3-7(12)6-8(9)10-2-1-5-13-10/h3-4,6,9-11,14,18,30H,1-2,5,7-8,12H2,(H,25,31);2,4-5,7,18H,1,3,6H2,(H,14,19);3-4,6,10,13H,1-2,5H2/t14-,18?;7-;/m00./s1. The largest absolute Gasteiger partial charge is 0.391 e. The van der Waals surface area contributed by atoms with E-state index in [0.717, 1.165) is 57.3 Å². The number of anilines is 3. The Morgan fingerprint density at radius 3 is 1.87 bits per heavy atom. The van der Waals surface area contributed by atoms with Crippen LogP contribution < -0.4 is 20.9 Å². The van der Waals surface area contributed by atoms with E-state index >= 15 is 0 Å². The molecule has 2 aromatic carbocycles. The van der Waals surface area contributed by atoms with Crippen LogP contribution in [0.15, 0.2) is 73.3 Å². The molecule has 2 unspecified atom stereocenters. The van der Waals surface area contributed by atoms with Gasteiger partial charge in [0.15, 0.2) is 11.3 Å². The fraction of sp³-hybridized carbons (Fsp3) is 0.381. The number of urea groups is 2. The zero-order valence-electron chi connectivity index (χ0n) is 33.8. The predicted octanol–water partition coefficient (Wildman–Crippen LogP) is 7.25. The van der Waals surface area contributed by atoms with Crippen molar-refractivity contribution >= 4 is 97.3 Å². The van der Waals surface area contributed by atoms with Crippen molar-refractivity contribution < 1.29 is 28.6 Å². The summed E-state index contributed by atoms with van der Waals surface area (Å²) < 4.78 is 33.2. The number of likely N-dealkylation sites (tertiary alicyclic amines) is 2. The summed E-state index contributed by atoms with van der Waals surface area (Å²) in [6, 6.07) is 13.5. The maximum Gasteiger partial charge on any atom is 0.322 e. The molecule has 63 heavy (non-hydrogen) atoms. The van der Waals surface area contributed by atoms with Crippen LogP contribution in [0.5, 0.6) is 0 Å². The first-order valence-electron chi connectivity index (χ1n) is 20.6. The molecule has 4 saturated heterocycles. The number of nitrogens with zero attached hydrogens (tertiary/aromatic N) is 9. The van der Waals surface area contributed by atoms with Gasteiger partial charge in [0.25, 0.3) is 0 Å². The molecular weight excluding hydrogens is 1060 g/mol. The minimum atomic E-state index is -0.479. The molecule has 6 aromatic rings. The maximum atomic E-state index is 14.6. The van der Waals surface area contributed by atoms with Crippen LogP contribution >= 0.6 is 56.8 Å². The van der Waals surface area contributed by atoms with Crippen molar-refractivity contribution in [3.05, 3.63) is 108 Å². The van der Waals surface area contributed by atoms with E-state index in [4.69, 9.17) is 16.6 Å². The Morgan fingerprint density at radius 1 is 0.730 bits per heavy atom. The van der Waals surface area contributed by atoms with Crippen LogP contribution in [-0.2, 0) is 0 Å². The molecule has 4 aromatic heterocycles. The second-order valence-corrected chi connectivity index (χ2v) is 18.5. The summed E-state index contributed by atoms with van der Waals surface area (Å²) in [6.07, 6.45) is 10.8. The number of aliphatic hydroxyl groups excluding tert-OH is 2. The number of halogens is 5. The summed E-state index contributed by atoms with van der Waals surface area (Å²) in [6.45, 7) is 3.51. The van der Waals surface area contributed by atoms with Gasteiger partial charge in [-0.25, -0.2) is 37.4 Å². The molecule has 5 N–H and O–H groups in total. The minimum absolute atomic E-state index is 0.0835. The molecule has 0 aliphatic carbocycles. The molecule has 21 heteroatoms. The summed E-state index contributed by atoms with van der Waals surface area (Å²) in [5.74, 6) is 0.434. The number of hydrogen-bond acceptors (Lipinski definition) is 10. The van der Waals surface area contributed by atoms with E-state index in [1.165, 1.54) is 16.8 Å². The Balaban J connectivity index is 0.000000144. The van der Waals surface area contributed by atoms with Crippen LogP contribution in [0.4, 0.5) is 35.6 Å². The molecule has 0 bridgehead atoms. The number of aliphatic hydroxyl groups is 2. The molecule has 10 rings (SSSR count). The van der Waals surface area contributed by atoms with Crippen LogP contribution in [0.3, 0.4) is 0 Å². The summed E-state index contributed by atoms with van der Waals surface area (Å²) in [4.78, 5) is 38.6. The highest BCUT2D eigenvalue weighted by atomic mass is 127. The third kappa shape index (κ3) is 10.7. The van der Waals surface area contributed by atoms with Crippen molar-refractivity contribution in [1.82, 2.24) is 44.3 Å². The van der Waals surface area contributed by atoms with Gasteiger partial charge >= 0.3 is 12.1 Å². The van der Waals surface area contributed by atoms with E-state index in [2.05, 4.69) is 81.2 Å². The molecule has 4 aliphatic rings. The summed E-state index contributed by atoms with van der Waals surface area (Å²) >= 11 is 10.2. The molecule has 0 spiro atoms. The number of aromatic nitrogens is 6. The number of hydrogen-bond donors (Lipinski definition) is 5. The van der Waals surface area contributed by atoms with Gasteiger partial charge in [0.2, 0.25) is 0 Å². The third-order valence-electron chi connectivity index (χ3n) is 11.3. The zero-order chi connectivity index (χ0) is 44.2. The molecular formula is C42H45ClF2I2N12O4. The van der Waals surface area contributed by atoms with Crippen molar-refractivity contribution in [1.29, 1.82) is 0 Å². The van der Waals surface area contributed by atoms with Crippen molar-refractivity contribution in [3.63, 3.8) is 0 Å². The monoisotopic (exact) mass is 1110 g/mol. The first-order valence-corrected chi connectivity index (χ1v) is 23.2.